The van der Waals surface area contributed by atoms with Gasteiger partial charge in [-0.25, -0.2) is 10.5 Å². The summed E-state index contributed by atoms with van der Waals surface area (Å²) in [6, 6.07) is 25.0. The molecule has 4 rings (SSSR count). The van der Waals surface area contributed by atoms with Crippen LogP contribution in [0.2, 0.25) is 0 Å². The van der Waals surface area contributed by atoms with Crippen molar-refractivity contribution in [3.05, 3.63) is 78.4 Å². The van der Waals surface area contributed by atoms with E-state index in [4.69, 9.17) is 0 Å². The minimum atomic E-state index is 0.809. The Bertz CT molecular complexity index is 852. The molecular formula is C19H18N4. The van der Waals surface area contributed by atoms with Gasteiger partial charge in [-0.2, -0.15) is 0 Å². The van der Waals surface area contributed by atoms with Gasteiger partial charge in [-0.1, -0.05) is 66.7 Å². The number of amidine groups is 1. The van der Waals surface area contributed by atoms with Crippen molar-refractivity contribution in [1.82, 2.24) is 10.7 Å². The van der Waals surface area contributed by atoms with Crippen molar-refractivity contribution in [2.24, 2.45) is 5.10 Å². The first kappa shape index (κ1) is 13.8. The van der Waals surface area contributed by atoms with Gasteiger partial charge in [0.2, 0.25) is 0 Å². The number of nitrogens with one attached hydrogen (secondary N) is 1. The highest BCUT2D eigenvalue weighted by atomic mass is 15.9. The number of nitrogens with zero attached hydrogens (tertiary/aromatic N) is 3. The number of rotatable bonds is 3. The molecule has 0 aliphatic carbocycles. The zero-order valence-electron chi connectivity index (χ0n) is 13.0. The summed E-state index contributed by atoms with van der Waals surface area (Å²) in [4.78, 5) is 0. The van der Waals surface area contributed by atoms with Gasteiger partial charge >= 0.3 is 0 Å². The first-order valence-corrected chi connectivity index (χ1v) is 7.82. The molecule has 0 fully saturated rings. The third kappa shape index (κ3) is 2.33. The van der Waals surface area contributed by atoms with Gasteiger partial charge in [0.15, 0.2) is 5.84 Å². The summed E-state index contributed by atoms with van der Waals surface area (Å²) in [5, 5.41) is 11.1. The first-order valence-electron chi connectivity index (χ1n) is 7.82. The predicted octanol–water partition coefficient (Wildman–Crippen LogP) is 3.76. The van der Waals surface area contributed by atoms with E-state index in [0.29, 0.717) is 0 Å². The number of hydrazine groups is 2. The van der Waals surface area contributed by atoms with Gasteiger partial charge < -0.3 is 0 Å². The maximum atomic E-state index is 4.54. The lowest BCUT2D eigenvalue weighted by atomic mass is 10.1. The molecular weight excluding hydrogens is 284 g/mol. The Kier molecular flexibility index (Phi) is 3.44. The molecule has 4 nitrogen and oxygen atoms in total. The van der Waals surface area contributed by atoms with Gasteiger partial charge in [-0.15, -0.1) is 10.2 Å². The number of anilines is 1. The van der Waals surface area contributed by atoms with E-state index in [2.05, 4.69) is 77.2 Å². The lowest BCUT2D eigenvalue weighted by molar-refractivity contribution is 0.235. The average Bonchev–Trinajstić information content (AvgIpc) is 3.06. The lowest BCUT2D eigenvalue weighted by Gasteiger charge is -2.29. The Hall–Kier alpha value is -2.85. The highest BCUT2D eigenvalue weighted by Crippen LogP contribution is 2.30. The number of hydrazone groups is 1. The molecule has 1 aliphatic heterocycles. The second kappa shape index (κ2) is 5.74. The van der Waals surface area contributed by atoms with Crippen LogP contribution in [0, 0.1) is 0 Å². The number of fused-ring (bicyclic) bond motifs is 1. The van der Waals surface area contributed by atoms with E-state index in [1.54, 1.807) is 0 Å². The lowest BCUT2D eigenvalue weighted by Crippen LogP contribution is -2.46. The summed E-state index contributed by atoms with van der Waals surface area (Å²) < 4.78 is 0. The number of hydrogen-bond donors (Lipinski definition) is 1. The molecule has 0 aromatic heterocycles. The SMILES string of the molecule is CCN1NN=C(c2ccccc2)N1c1cccc2ccccc12. The fourth-order valence-electron chi connectivity index (χ4n) is 2.93. The summed E-state index contributed by atoms with van der Waals surface area (Å²) in [6.07, 6.45) is 0. The molecule has 0 saturated carbocycles. The maximum absolute atomic E-state index is 4.54. The second-order valence-corrected chi connectivity index (χ2v) is 5.43. The molecule has 23 heavy (non-hydrogen) atoms. The van der Waals surface area contributed by atoms with E-state index in [1.165, 1.54) is 10.8 Å². The monoisotopic (exact) mass is 302 g/mol. The van der Waals surface area contributed by atoms with Crippen molar-refractivity contribution >= 4 is 22.3 Å². The molecule has 4 heteroatoms. The molecule has 0 bridgehead atoms. The van der Waals surface area contributed by atoms with Gasteiger partial charge in [-0.3, -0.25) is 0 Å². The van der Waals surface area contributed by atoms with Crippen LogP contribution in [0.1, 0.15) is 12.5 Å². The fraction of sp³-hybridized carbons (Fsp3) is 0.105. The Balaban J connectivity index is 1.88. The molecule has 0 saturated heterocycles. The third-order valence-corrected chi connectivity index (χ3v) is 4.04. The van der Waals surface area contributed by atoms with Crippen LogP contribution in [0.5, 0.6) is 0 Å². The first-order chi connectivity index (χ1) is 11.4. The zero-order valence-corrected chi connectivity index (χ0v) is 13.0. The van der Waals surface area contributed by atoms with Crippen molar-refractivity contribution < 1.29 is 0 Å². The van der Waals surface area contributed by atoms with Crippen molar-refractivity contribution in [3.8, 4) is 0 Å². The van der Waals surface area contributed by atoms with Gasteiger partial charge in [0.1, 0.15) is 0 Å². The summed E-state index contributed by atoms with van der Waals surface area (Å²) >= 11 is 0. The molecule has 0 unspecified atom stereocenters. The van der Waals surface area contributed by atoms with Gasteiger partial charge in [-0.05, 0) is 18.4 Å². The third-order valence-electron chi connectivity index (χ3n) is 4.04. The highest BCUT2D eigenvalue weighted by Gasteiger charge is 2.28. The van der Waals surface area contributed by atoms with Crippen LogP contribution in [0.4, 0.5) is 5.69 Å². The molecule has 1 N–H and O–H groups in total. The van der Waals surface area contributed by atoms with E-state index in [9.17, 15) is 0 Å². The molecule has 3 aromatic rings. The smallest absolute Gasteiger partial charge is 0.177 e. The number of hydrogen-bond acceptors (Lipinski definition) is 4. The quantitative estimate of drug-likeness (QED) is 0.799. The van der Waals surface area contributed by atoms with E-state index in [1.807, 2.05) is 23.3 Å². The summed E-state index contributed by atoms with van der Waals surface area (Å²) in [5.74, 6) is 0.906. The normalized spacial score (nSPS) is 14.8. The molecule has 3 aromatic carbocycles. The molecule has 1 aliphatic rings. The largest absolute Gasteiger partial charge is 0.235 e. The minimum Gasteiger partial charge on any atom is -0.235 e. The Morgan fingerprint density at radius 1 is 0.870 bits per heavy atom. The van der Waals surface area contributed by atoms with Crippen LogP contribution in [-0.4, -0.2) is 17.5 Å². The van der Waals surface area contributed by atoms with E-state index < -0.39 is 0 Å². The van der Waals surface area contributed by atoms with Crippen LogP contribution >= 0.6 is 0 Å². The van der Waals surface area contributed by atoms with Crippen LogP contribution < -0.4 is 10.5 Å². The maximum Gasteiger partial charge on any atom is 0.177 e. The van der Waals surface area contributed by atoms with E-state index >= 15 is 0 Å². The van der Waals surface area contributed by atoms with Gasteiger partial charge in [0.05, 0.1) is 5.69 Å². The van der Waals surface area contributed by atoms with E-state index in [0.717, 1.165) is 23.6 Å². The standard InChI is InChI=1S/C19H18N4/c1-2-22-21-20-19(16-10-4-3-5-11-16)23(22)18-14-8-12-15-9-6-7-13-17(15)18/h3-14,21H,2H2,1H3. The summed E-state index contributed by atoms with van der Waals surface area (Å²) in [5.41, 5.74) is 5.33. The Labute approximate surface area is 135 Å². The molecule has 0 atom stereocenters. The highest BCUT2D eigenvalue weighted by molar-refractivity contribution is 6.13. The molecule has 0 amide bonds. The topological polar surface area (TPSA) is 30.9 Å². The molecule has 0 radical (unpaired) electrons. The van der Waals surface area contributed by atoms with E-state index in [-0.39, 0.29) is 0 Å². The molecule has 0 spiro atoms. The van der Waals surface area contributed by atoms with Crippen molar-refractivity contribution in [1.29, 1.82) is 0 Å². The van der Waals surface area contributed by atoms with Crippen LogP contribution in [0.25, 0.3) is 10.8 Å². The van der Waals surface area contributed by atoms with Crippen molar-refractivity contribution in [3.63, 3.8) is 0 Å². The van der Waals surface area contributed by atoms with Gasteiger partial charge in [0.25, 0.3) is 0 Å². The molecule has 1 heterocycles. The second-order valence-electron chi connectivity index (χ2n) is 5.43. The average molecular weight is 302 g/mol. The van der Waals surface area contributed by atoms with Crippen LogP contribution in [0.3, 0.4) is 0 Å². The zero-order chi connectivity index (χ0) is 15.6. The van der Waals surface area contributed by atoms with Crippen LogP contribution in [-0.2, 0) is 0 Å². The van der Waals surface area contributed by atoms with Crippen LogP contribution in [0.15, 0.2) is 77.9 Å². The minimum absolute atomic E-state index is 0.809. The summed E-state index contributed by atoms with van der Waals surface area (Å²) in [7, 11) is 0. The van der Waals surface area contributed by atoms with Gasteiger partial charge in [0, 0.05) is 17.5 Å². The van der Waals surface area contributed by atoms with Crippen molar-refractivity contribution in [2.75, 3.05) is 11.6 Å². The van der Waals surface area contributed by atoms with Crippen molar-refractivity contribution in [2.45, 2.75) is 6.92 Å². The predicted molar refractivity (Wildman–Crippen MR) is 94.9 cm³/mol. The summed E-state index contributed by atoms with van der Waals surface area (Å²) in [6.45, 7) is 2.91. The Morgan fingerprint density at radius 3 is 2.43 bits per heavy atom. The Morgan fingerprint density at radius 2 is 1.61 bits per heavy atom. The number of benzene rings is 3. The molecule has 114 valence electrons. The fourth-order valence-corrected chi connectivity index (χ4v) is 2.93.